The second-order valence-electron chi connectivity index (χ2n) is 6.72. The molecule has 0 aliphatic heterocycles. The van der Waals surface area contributed by atoms with E-state index in [4.69, 9.17) is 16.6 Å². The van der Waals surface area contributed by atoms with Crippen LogP contribution >= 0.6 is 11.6 Å². The first-order valence-electron chi connectivity index (χ1n) is 8.19. The van der Waals surface area contributed by atoms with Gasteiger partial charge in [-0.3, -0.25) is 0 Å². The molecule has 0 bridgehead atoms. The minimum atomic E-state index is -0.0432. The van der Waals surface area contributed by atoms with Crippen molar-refractivity contribution in [2.45, 2.75) is 64.3 Å². The van der Waals surface area contributed by atoms with Crippen LogP contribution in [0.25, 0.3) is 11.0 Å². The lowest BCUT2D eigenvalue weighted by atomic mass is 10.0. The number of nitrogens with zero attached hydrogens (tertiary/aromatic N) is 2. The van der Waals surface area contributed by atoms with Crippen LogP contribution in [0.2, 0.25) is 0 Å². The molecule has 0 saturated heterocycles. The van der Waals surface area contributed by atoms with Gasteiger partial charge in [0.15, 0.2) is 0 Å². The van der Waals surface area contributed by atoms with Crippen LogP contribution in [0.1, 0.15) is 68.8 Å². The van der Waals surface area contributed by atoms with Gasteiger partial charge in [-0.05, 0) is 56.7 Å². The molecule has 3 unspecified atom stereocenters. The van der Waals surface area contributed by atoms with Crippen molar-refractivity contribution in [3.63, 3.8) is 0 Å². The zero-order valence-electron chi connectivity index (χ0n) is 13.3. The highest BCUT2D eigenvalue weighted by Gasteiger charge is 2.24. The number of hydrogen-bond acceptors (Lipinski definition) is 1. The van der Waals surface area contributed by atoms with Gasteiger partial charge < -0.3 is 4.57 Å². The number of imidazole rings is 1. The minimum Gasteiger partial charge on any atom is -0.324 e. The van der Waals surface area contributed by atoms with Crippen molar-refractivity contribution >= 4 is 22.6 Å². The third-order valence-electron chi connectivity index (χ3n) is 4.82. The monoisotopic (exact) mass is 304 g/mol. The third-order valence-corrected chi connectivity index (χ3v) is 5.02. The predicted molar refractivity (Wildman–Crippen MR) is 90.0 cm³/mol. The third kappa shape index (κ3) is 2.96. The van der Waals surface area contributed by atoms with Crippen molar-refractivity contribution in [1.29, 1.82) is 0 Å². The quantitative estimate of drug-likeness (QED) is 0.507. The van der Waals surface area contributed by atoms with Gasteiger partial charge >= 0.3 is 0 Å². The molecule has 0 amide bonds. The van der Waals surface area contributed by atoms with Gasteiger partial charge in [0.05, 0.1) is 16.4 Å². The molecular formula is C18H25ClN2. The highest BCUT2D eigenvalue weighted by Crippen LogP contribution is 2.36. The Morgan fingerprint density at radius 1 is 1.24 bits per heavy atom. The van der Waals surface area contributed by atoms with Crippen LogP contribution in [-0.2, 0) is 0 Å². The molecule has 1 aromatic carbocycles. The molecule has 0 spiro atoms. The van der Waals surface area contributed by atoms with E-state index >= 15 is 0 Å². The Morgan fingerprint density at radius 3 is 2.81 bits per heavy atom. The van der Waals surface area contributed by atoms with Crippen molar-refractivity contribution in [2.75, 3.05) is 0 Å². The molecule has 0 N–H and O–H groups in total. The average Bonchev–Trinajstić information content (AvgIpc) is 2.68. The molecule has 1 aromatic heterocycles. The molecule has 114 valence electrons. The van der Waals surface area contributed by atoms with Gasteiger partial charge in [-0.2, -0.15) is 0 Å². The summed E-state index contributed by atoms with van der Waals surface area (Å²) in [5.74, 6) is 1.89. The van der Waals surface area contributed by atoms with Crippen LogP contribution < -0.4 is 0 Å². The first-order chi connectivity index (χ1) is 10.1. The van der Waals surface area contributed by atoms with Crippen LogP contribution in [0, 0.1) is 12.8 Å². The largest absolute Gasteiger partial charge is 0.324 e. The summed E-state index contributed by atoms with van der Waals surface area (Å²) >= 11 is 6.42. The van der Waals surface area contributed by atoms with Crippen molar-refractivity contribution in [3.05, 3.63) is 29.6 Å². The number of halogens is 1. The van der Waals surface area contributed by atoms with Gasteiger partial charge in [-0.15, -0.1) is 11.6 Å². The summed E-state index contributed by atoms with van der Waals surface area (Å²) in [7, 11) is 0. The van der Waals surface area contributed by atoms with Crippen molar-refractivity contribution in [2.24, 2.45) is 5.92 Å². The Balaban J connectivity index is 2.08. The number of rotatable bonds is 2. The number of aromatic nitrogens is 2. The van der Waals surface area contributed by atoms with E-state index in [9.17, 15) is 0 Å². The normalized spacial score (nSPS) is 25.0. The Hall–Kier alpha value is -1.02. The number of hydrogen-bond donors (Lipinski definition) is 0. The molecule has 1 fully saturated rings. The van der Waals surface area contributed by atoms with E-state index in [1.54, 1.807) is 0 Å². The molecule has 1 aliphatic carbocycles. The summed E-state index contributed by atoms with van der Waals surface area (Å²) < 4.78 is 2.44. The van der Waals surface area contributed by atoms with Crippen LogP contribution in [0.4, 0.5) is 0 Å². The molecule has 1 saturated carbocycles. The maximum absolute atomic E-state index is 6.42. The molecule has 3 atom stereocenters. The molecular weight excluding hydrogens is 280 g/mol. The summed E-state index contributed by atoms with van der Waals surface area (Å²) in [4.78, 5) is 4.83. The number of aryl methyl sites for hydroxylation is 1. The number of fused-ring (bicyclic) bond motifs is 1. The lowest BCUT2D eigenvalue weighted by molar-refractivity contribution is 0.430. The molecule has 21 heavy (non-hydrogen) atoms. The van der Waals surface area contributed by atoms with Crippen molar-refractivity contribution in [1.82, 2.24) is 9.55 Å². The summed E-state index contributed by atoms with van der Waals surface area (Å²) in [6.07, 6.45) is 6.48. The Kier molecular flexibility index (Phi) is 4.26. The van der Waals surface area contributed by atoms with E-state index in [-0.39, 0.29) is 5.38 Å². The van der Waals surface area contributed by atoms with E-state index in [1.165, 1.54) is 43.2 Å². The van der Waals surface area contributed by atoms with Crippen LogP contribution in [0.3, 0.4) is 0 Å². The summed E-state index contributed by atoms with van der Waals surface area (Å²) in [6.45, 7) is 6.53. The van der Waals surface area contributed by atoms with Gasteiger partial charge in [0.2, 0.25) is 0 Å². The fourth-order valence-corrected chi connectivity index (χ4v) is 3.77. The van der Waals surface area contributed by atoms with E-state index in [0.29, 0.717) is 6.04 Å². The second kappa shape index (κ2) is 6.00. The molecule has 1 aliphatic rings. The number of alkyl halides is 1. The predicted octanol–water partition coefficient (Wildman–Crippen LogP) is 5.79. The first-order valence-corrected chi connectivity index (χ1v) is 8.62. The van der Waals surface area contributed by atoms with Crippen molar-refractivity contribution < 1.29 is 0 Å². The Bertz CT molecular complexity index is 629. The lowest BCUT2D eigenvalue weighted by Gasteiger charge is -2.21. The SMILES string of the molecule is Cc1ccc2c(c1)nc(C(C)Cl)n2C1CCCC(C)CC1. The zero-order chi connectivity index (χ0) is 15.0. The maximum Gasteiger partial charge on any atom is 0.127 e. The standard InChI is InChI=1S/C18H25ClN2/c1-12-5-4-6-15(9-7-12)21-17-10-8-13(2)11-16(17)20-18(21)14(3)19/h8,10-12,14-15H,4-7,9H2,1-3H3. The fourth-order valence-electron chi connectivity index (χ4n) is 3.62. The van der Waals surface area contributed by atoms with Crippen molar-refractivity contribution in [3.8, 4) is 0 Å². The summed E-state index contributed by atoms with van der Waals surface area (Å²) in [5.41, 5.74) is 3.60. The minimum absolute atomic E-state index is 0.0432. The molecule has 3 heteroatoms. The smallest absolute Gasteiger partial charge is 0.127 e. The van der Waals surface area contributed by atoms with E-state index in [2.05, 4.69) is 36.6 Å². The molecule has 2 aromatic rings. The second-order valence-corrected chi connectivity index (χ2v) is 7.37. The molecule has 2 nitrogen and oxygen atoms in total. The zero-order valence-corrected chi connectivity index (χ0v) is 14.0. The van der Waals surface area contributed by atoms with Gasteiger partial charge in [-0.25, -0.2) is 4.98 Å². The fraction of sp³-hybridized carbons (Fsp3) is 0.611. The van der Waals surface area contributed by atoms with Gasteiger partial charge in [-0.1, -0.05) is 25.8 Å². The van der Waals surface area contributed by atoms with E-state index in [0.717, 1.165) is 17.3 Å². The Morgan fingerprint density at radius 2 is 2.05 bits per heavy atom. The van der Waals surface area contributed by atoms with Crippen LogP contribution in [0.15, 0.2) is 18.2 Å². The van der Waals surface area contributed by atoms with Crippen LogP contribution in [0.5, 0.6) is 0 Å². The molecule has 3 rings (SSSR count). The highest BCUT2D eigenvalue weighted by atomic mass is 35.5. The summed E-state index contributed by atoms with van der Waals surface area (Å²) in [5, 5.41) is -0.0432. The molecule has 1 heterocycles. The topological polar surface area (TPSA) is 17.8 Å². The molecule has 0 radical (unpaired) electrons. The highest BCUT2D eigenvalue weighted by molar-refractivity contribution is 6.20. The average molecular weight is 305 g/mol. The van der Waals surface area contributed by atoms with E-state index in [1.807, 2.05) is 6.92 Å². The number of benzene rings is 1. The maximum atomic E-state index is 6.42. The van der Waals surface area contributed by atoms with Gasteiger partial charge in [0.1, 0.15) is 5.82 Å². The van der Waals surface area contributed by atoms with E-state index < -0.39 is 0 Å². The lowest BCUT2D eigenvalue weighted by Crippen LogP contribution is -2.12. The first kappa shape index (κ1) is 14.9. The van der Waals surface area contributed by atoms with Crippen LogP contribution in [-0.4, -0.2) is 9.55 Å². The summed E-state index contributed by atoms with van der Waals surface area (Å²) in [6, 6.07) is 7.13. The van der Waals surface area contributed by atoms with Gasteiger partial charge in [0, 0.05) is 6.04 Å². The van der Waals surface area contributed by atoms with Gasteiger partial charge in [0.25, 0.3) is 0 Å². The Labute approximate surface area is 132 Å².